The van der Waals surface area contributed by atoms with Crippen LogP contribution in [-0.2, 0) is 16.1 Å². The lowest BCUT2D eigenvalue weighted by molar-refractivity contribution is -0.384. The molecule has 0 unspecified atom stereocenters. The van der Waals surface area contributed by atoms with Crippen molar-refractivity contribution in [3.8, 4) is 0 Å². The lowest BCUT2D eigenvalue weighted by atomic mass is 10.2. The van der Waals surface area contributed by atoms with Gasteiger partial charge in [0, 0.05) is 12.1 Å². The third kappa shape index (κ3) is 3.74. The molecule has 15 heavy (non-hydrogen) atoms. The third-order valence-corrected chi connectivity index (χ3v) is 1.68. The number of non-ortho nitro benzene ring substituents is 1. The zero-order valence-electron chi connectivity index (χ0n) is 7.88. The largest absolute Gasteiger partial charge is 0.357 e. The van der Waals surface area contributed by atoms with Crippen molar-refractivity contribution in [1.29, 1.82) is 0 Å². The molecule has 0 aliphatic rings. The van der Waals surface area contributed by atoms with Gasteiger partial charge in [-0.2, -0.15) is 0 Å². The molecule has 1 N–H and O–H groups in total. The molecule has 6 heteroatoms. The summed E-state index contributed by atoms with van der Waals surface area (Å²) in [4.78, 5) is 19.7. The second kappa shape index (κ2) is 5.71. The maximum Gasteiger partial charge on any atom is 0.269 e. The summed E-state index contributed by atoms with van der Waals surface area (Å²) >= 11 is 0. The highest BCUT2D eigenvalue weighted by atomic mass is 16.6. The first-order chi connectivity index (χ1) is 7.24. The van der Waals surface area contributed by atoms with E-state index in [0.717, 1.165) is 5.56 Å². The summed E-state index contributed by atoms with van der Waals surface area (Å²) in [5.41, 5.74) is 0.859. The van der Waals surface area contributed by atoms with Crippen LogP contribution >= 0.6 is 0 Å². The number of nitro benzene ring substituents is 1. The number of hydrogen-bond acceptors (Lipinski definition) is 4. The standard InChI is InChI=1S/C9H10N2O4/c12-6-10-7-15-5-8-1-3-9(4-2-8)11(13)14/h1-4,6H,5,7H2,(H,10,12). The van der Waals surface area contributed by atoms with Crippen molar-refractivity contribution in [1.82, 2.24) is 5.32 Å². The van der Waals surface area contributed by atoms with Crippen molar-refractivity contribution < 1.29 is 14.5 Å². The van der Waals surface area contributed by atoms with Crippen LogP contribution in [0.5, 0.6) is 0 Å². The maximum absolute atomic E-state index is 10.3. The molecular weight excluding hydrogens is 200 g/mol. The lowest BCUT2D eigenvalue weighted by Gasteiger charge is -2.02. The van der Waals surface area contributed by atoms with Gasteiger partial charge in [-0.15, -0.1) is 0 Å². The number of nitrogens with one attached hydrogen (secondary N) is 1. The van der Waals surface area contributed by atoms with Crippen molar-refractivity contribution in [2.75, 3.05) is 6.73 Å². The number of carbonyl (C=O) groups excluding carboxylic acids is 1. The van der Waals surface area contributed by atoms with Crippen LogP contribution in [0.2, 0.25) is 0 Å². The molecule has 6 nitrogen and oxygen atoms in total. The molecule has 80 valence electrons. The number of amides is 1. The number of rotatable bonds is 6. The van der Waals surface area contributed by atoms with E-state index in [2.05, 4.69) is 5.32 Å². The summed E-state index contributed by atoms with van der Waals surface area (Å²) in [6.45, 7) is 0.430. The fourth-order valence-corrected chi connectivity index (χ4v) is 0.976. The summed E-state index contributed by atoms with van der Waals surface area (Å²) < 4.78 is 5.05. The average Bonchev–Trinajstić information content (AvgIpc) is 2.25. The lowest BCUT2D eigenvalue weighted by Crippen LogP contribution is -2.14. The van der Waals surface area contributed by atoms with E-state index < -0.39 is 4.92 Å². The molecule has 0 aliphatic heterocycles. The number of hydrogen-bond donors (Lipinski definition) is 1. The summed E-state index contributed by atoms with van der Waals surface area (Å²) in [6, 6.07) is 6.04. The van der Waals surface area contributed by atoms with Gasteiger partial charge in [0.25, 0.3) is 5.69 Å². The van der Waals surface area contributed by atoms with E-state index in [0.29, 0.717) is 13.0 Å². The molecule has 1 amide bonds. The molecule has 1 rings (SSSR count). The van der Waals surface area contributed by atoms with Crippen molar-refractivity contribution in [3.05, 3.63) is 39.9 Å². The van der Waals surface area contributed by atoms with E-state index in [1.165, 1.54) is 12.1 Å². The molecule has 0 saturated carbocycles. The van der Waals surface area contributed by atoms with E-state index in [1.807, 2.05) is 0 Å². The Morgan fingerprint density at radius 1 is 1.40 bits per heavy atom. The van der Waals surface area contributed by atoms with Crippen LogP contribution in [0.1, 0.15) is 5.56 Å². The molecule has 0 saturated heterocycles. The van der Waals surface area contributed by atoms with Gasteiger partial charge in [0.05, 0.1) is 11.5 Å². The van der Waals surface area contributed by atoms with Crippen LogP contribution in [0.15, 0.2) is 24.3 Å². The monoisotopic (exact) mass is 210 g/mol. The van der Waals surface area contributed by atoms with Crippen molar-refractivity contribution in [2.24, 2.45) is 0 Å². The number of nitro groups is 1. The van der Waals surface area contributed by atoms with Gasteiger partial charge in [0.15, 0.2) is 0 Å². The number of ether oxygens (including phenoxy) is 1. The van der Waals surface area contributed by atoms with Gasteiger partial charge in [-0.3, -0.25) is 14.9 Å². The number of carbonyl (C=O) groups is 1. The Labute approximate surface area is 86.0 Å². The maximum atomic E-state index is 10.3. The number of benzene rings is 1. The Bertz CT molecular complexity index is 336. The van der Waals surface area contributed by atoms with Gasteiger partial charge in [0.1, 0.15) is 6.73 Å². The highest BCUT2D eigenvalue weighted by molar-refractivity contribution is 5.45. The third-order valence-electron chi connectivity index (χ3n) is 1.68. The van der Waals surface area contributed by atoms with E-state index in [9.17, 15) is 14.9 Å². The molecule has 1 aromatic carbocycles. The van der Waals surface area contributed by atoms with E-state index >= 15 is 0 Å². The Kier molecular flexibility index (Phi) is 4.24. The van der Waals surface area contributed by atoms with Gasteiger partial charge in [0.2, 0.25) is 6.41 Å². The van der Waals surface area contributed by atoms with Gasteiger partial charge in [-0.25, -0.2) is 0 Å². The quantitative estimate of drug-likeness (QED) is 0.248. The number of nitrogens with zero attached hydrogens (tertiary/aromatic N) is 1. The van der Waals surface area contributed by atoms with Gasteiger partial charge >= 0.3 is 0 Å². The van der Waals surface area contributed by atoms with E-state index in [1.54, 1.807) is 12.1 Å². The van der Waals surface area contributed by atoms with Crippen LogP contribution < -0.4 is 5.32 Å². The first-order valence-electron chi connectivity index (χ1n) is 4.22. The minimum Gasteiger partial charge on any atom is -0.357 e. The molecule has 0 spiro atoms. The van der Waals surface area contributed by atoms with Crippen molar-refractivity contribution >= 4 is 12.1 Å². The zero-order chi connectivity index (χ0) is 11.1. The molecule has 0 heterocycles. The molecule has 0 atom stereocenters. The summed E-state index contributed by atoms with van der Waals surface area (Å²) in [5, 5.41) is 12.7. The average molecular weight is 210 g/mol. The van der Waals surface area contributed by atoms with E-state index in [-0.39, 0.29) is 12.4 Å². The summed E-state index contributed by atoms with van der Waals surface area (Å²) in [6.07, 6.45) is 0.538. The van der Waals surface area contributed by atoms with Crippen molar-refractivity contribution in [3.63, 3.8) is 0 Å². The highest BCUT2D eigenvalue weighted by Crippen LogP contribution is 2.12. The fourth-order valence-electron chi connectivity index (χ4n) is 0.976. The zero-order valence-corrected chi connectivity index (χ0v) is 7.88. The Morgan fingerprint density at radius 2 is 2.07 bits per heavy atom. The molecule has 0 bridgehead atoms. The minimum atomic E-state index is -0.460. The topological polar surface area (TPSA) is 81.5 Å². The van der Waals surface area contributed by atoms with Crippen molar-refractivity contribution in [2.45, 2.75) is 6.61 Å². The van der Waals surface area contributed by atoms with Crippen LogP contribution in [0.4, 0.5) is 5.69 Å². The molecule has 0 radical (unpaired) electrons. The summed E-state index contributed by atoms with van der Waals surface area (Å²) in [7, 11) is 0. The predicted octanol–water partition coefficient (Wildman–Crippen LogP) is 0.815. The highest BCUT2D eigenvalue weighted by Gasteiger charge is 2.03. The molecule has 0 aliphatic carbocycles. The Morgan fingerprint density at radius 3 is 2.60 bits per heavy atom. The summed E-state index contributed by atoms with van der Waals surface area (Å²) in [5.74, 6) is 0. The molecule has 1 aromatic rings. The molecule has 0 aromatic heterocycles. The first-order valence-corrected chi connectivity index (χ1v) is 4.22. The van der Waals surface area contributed by atoms with Gasteiger partial charge in [-0.05, 0) is 17.7 Å². The smallest absolute Gasteiger partial charge is 0.269 e. The minimum absolute atomic E-state index is 0.0461. The predicted molar refractivity (Wildman–Crippen MR) is 52.0 cm³/mol. The first kappa shape index (κ1) is 11.1. The van der Waals surface area contributed by atoms with Crippen LogP contribution in [0, 0.1) is 10.1 Å². The van der Waals surface area contributed by atoms with E-state index in [4.69, 9.17) is 4.74 Å². The molecular formula is C9H10N2O4. The SMILES string of the molecule is O=CNCOCc1ccc([N+](=O)[O-])cc1. The second-order valence-corrected chi connectivity index (χ2v) is 2.74. The van der Waals surface area contributed by atoms with Crippen LogP contribution in [0.25, 0.3) is 0 Å². The normalized spacial score (nSPS) is 9.60. The second-order valence-electron chi connectivity index (χ2n) is 2.74. The van der Waals surface area contributed by atoms with Crippen LogP contribution in [0.3, 0.4) is 0 Å². The van der Waals surface area contributed by atoms with Gasteiger partial charge in [-0.1, -0.05) is 0 Å². The Balaban J connectivity index is 2.42. The Hall–Kier alpha value is -1.95. The molecule has 0 fully saturated rings. The van der Waals surface area contributed by atoms with Gasteiger partial charge < -0.3 is 10.1 Å². The fraction of sp³-hybridized carbons (Fsp3) is 0.222. The van der Waals surface area contributed by atoms with Crippen LogP contribution in [-0.4, -0.2) is 18.1 Å².